The van der Waals surface area contributed by atoms with Gasteiger partial charge in [-0.05, 0) is 18.2 Å². The van der Waals surface area contributed by atoms with Crippen LogP contribution in [0.1, 0.15) is 11.7 Å². The van der Waals surface area contributed by atoms with Crippen molar-refractivity contribution in [2.24, 2.45) is 5.73 Å². The normalized spacial score (nSPS) is 12.1. The van der Waals surface area contributed by atoms with Crippen LogP contribution >= 0.6 is 15.9 Å². The molecule has 2 aromatic carbocycles. The first-order valence-electron chi connectivity index (χ1n) is 5.47. The first kappa shape index (κ1) is 12.1. The largest absolute Gasteiger partial charge is 0.484 e. The molecule has 0 aromatic heterocycles. The van der Waals surface area contributed by atoms with Crippen molar-refractivity contribution in [2.45, 2.75) is 6.10 Å². The minimum absolute atomic E-state index is 0.132. The number of benzene rings is 2. The molecule has 2 rings (SSSR count). The minimum atomic E-state index is -0.132. The van der Waals surface area contributed by atoms with Crippen LogP contribution in [-0.2, 0) is 0 Å². The first-order chi connectivity index (χ1) is 8.31. The van der Waals surface area contributed by atoms with Crippen molar-refractivity contribution in [1.82, 2.24) is 0 Å². The summed E-state index contributed by atoms with van der Waals surface area (Å²) in [5.74, 6) is 0.832. The van der Waals surface area contributed by atoms with Gasteiger partial charge in [-0.3, -0.25) is 0 Å². The molecule has 0 fully saturated rings. The summed E-state index contributed by atoms with van der Waals surface area (Å²) in [5.41, 5.74) is 6.84. The Kier molecular flexibility index (Phi) is 4.18. The third kappa shape index (κ3) is 3.08. The summed E-state index contributed by atoms with van der Waals surface area (Å²) in [6.45, 7) is 0.442. The van der Waals surface area contributed by atoms with Crippen LogP contribution in [0.3, 0.4) is 0 Å². The highest BCUT2D eigenvalue weighted by molar-refractivity contribution is 9.10. The molecule has 17 heavy (non-hydrogen) atoms. The van der Waals surface area contributed by atoms with E-state index in [4.69, 9.17) is 10.5 Å². The summed E-state index contributed by atoms with van der Waals surface area (Å²) in [6.07, 6.45) is -0.132. The maximum atomic E-state index is 5.88. The van der Waals surface area contributed by atoms with E-state index < -0.39 is 0 Å². The van der Waals surface area contributed by atoms with Crippen LogP contribution in [0.5, 0.6) is 5.75 Å². The molecule has 2 nitrogen and oxygen atoms in total. The summed E-state index contributed by atoms with van der Waals surface area (Å²) >= 11 is 3.52. The fourth-order valence-corrected chi connectivity index (χ4v) is 2.18. The zero-order valence-corrected chi connectivity index (χ0v) is 10.9. The number of halogens is 1. The smallest absolute Gasteiger partial charge is 0.137 e. The Morgan fingerprint density at radius 1 is 1.00 bits per heavy atom. The number of hydrogen-bond acceptors (Lipinski definition) is 2. The molecule has 2 N–H and O–H groups in total. The molecular formula is C14H14BrNO. The average molecular weight is 292 g/mol. The Morgan fingerprint density at radius 2 is 1.65 bits per heavy atom. The second kappa shape index (κ2) is 5.84. The highest BCUT2D eigenvalue weighted by Crippen LogP contribution is 2.26. The van der Waals surface area contributed by atoms with E-state index in [1.54, 1.807) is 0 Å². The van der Waals surface area contributed by atoms with E-state index in [-0.39, 0.29) is 6.10 Å². The summed E-state index contributed by atoms with van der Waals surface area (Å²) in [6, 6.07) is 17.7. The van der Waals surface area contributed by atoms with E-state index in [2.05, 4.69) is 15.9 Å². The fourth-order valence-electron chi connectivity index (χ4n) is 1.64. The second-order valence-electron chi connectivity index (χ2n) is 3.68. The van der Waals surface area contributed by atoms with E-state index in [9.17, 15) is 0 Å². The zero-order chi connectivity index (χ0) is 12.1. The molecule has 0 saturated carbocycles. The lowest BCUT2D eigenvalue weighted by atomic mass is 10.1. The van der Waals surface area contributed by atoms with Crippen LogP contribution in [0.4, 0.5) is 0 Å². The van der Waals surface area contributed by atoms with Crippen LogP contribution in [0, 0.1) is 0 Å². The predicted molar refractivity (Wildman–Crippen MR) is 73.0 cm³/mol. The van der Waals surface area contributed by atoms with Gasteiger partial charge in [0.25, 0.3) is 0 Å². The van der Waals surface area contributed by atoms with Gasteiger partial charge in [-0.25, -0.2) is 0 Å². The van der Waals surface area contributed by atoms with Gasteiger partial charge in [0.15, 0.2) is 0 Å². The lowest BCUT2D eigenvalue weighted by molar-refractivity contribution is 0.213. The van der Waals surface area contributed by atoms with E-state index >= 15 is 0 Å². The highest BCUT2D eigenvalue weighted by Gasteiger charge is 2.13. The molecular weight excluding hydrogens is 278 g/mol. The van der Waals surface area contributed by atoms with Crippen LogP contribution < -0.4 is 10.5 Å². The predicted octanol–water partition coefficient (Wildman–Crippen LogP) is 3.53. The number of hydrogen-bond donors (Lipinski definition) is 1. The van der Waals surface area contributed by atoms with Crippen molar-refractivity contribution in [1.29, 1.82) is 0 Å². The average Bonchev–Trinajstić information content (AvgIpc) is 2.38. The molecule has 0 spiro atoms. The molecule has 1 unspecified atom stereocenters. The first-order valence-corrected chi connectivity index (χ1v) is 6.27. The molecule has 0 radical (unpaired) electrons. The summed E-state index contributed by atoms with van der Waals surface area (Å²) in [5, 5.41) is 0. The van der Waals surface area contributed by atoms with Crippen LogP contribution in [0.2, 0.25) is 0 Å². The lowest BCUT2D eigenvalue weighted by Gasteiger charge is -2.19. The minimum Gasteiger partial charge on any atom is -0.484 e. The monoisotopic (exact) mass is 291 g/mol. The van der Waals surface area contributed by atoms with E-state index in [1.807, 2.05) is 54.6 Å². The maximum absolute atomic E-state index is 5.88. The standard InChI is InChI=1S/C14H14BrNO/c15-13-9-5-4-8-12(13)14(10-16)17-11-6-2-1-3-7-11/h1-9,14H,10,16H2. The van der Waals surface area contributed by atoms with Crippen LogP contribution in [0.25, 0.3) is 0 Å². The van der Waals surface area contributed by atoms with Gasteiger partial charge in [0.2, 0.25) is 0 Å². The highest BCUT2D eigenvalue weighted by atomic mass is 79.9. The molecule has 3 heteroatoms. The Balaban J connectivity index is 2.21. The molecule has 0 amide bonds. The van der Waals surface area contributed by atoms with Gasteiger partial charge in [0, 0.05) is 16.6 Å². The third-order valence-corrected chi connectivity index (χ3v) is 3.21. The topological polar surface area (TPSA) is 35.2 Å². The molecule has 0 aliphatic carbocycles. The fraction of sp³-hybridized carbons (Fsp3) is 0.143. The third-order valence-electron chi connectivity index (χ3n) is 2.49. The zero-order valence-electron chi connectivity index (χ0n) is 9.34. The Bertz CT molecular complexity index is 473. The van der Waals surface area contributed by atoms with E-state index in [1.165, 1.54) is 0 Å². The SMILES string of the molecule is NCC(Oc1ccccc1)c1ccccc1Br. The van der Waals surface area contributed by atoms with Crippen molar-refractivity contribution < 1.29 is 4.74 Å². The van der Waals surface area contributed by atoms with E-state index in [0.29, 0.717) is 6.54 Å². The number of para-hydroxylation sites is 1. The molecule has 0 bridgehead atoms. The Hall–Kier alpha value is -1.32. The summed E-state index contributed by atoms with van der Waals surface area (Å²) < 4.78 is 6.90. The number of rotatable bonds is 4. The van der Waals surface area contributed by atoms with Gasteiger partial charge in [-0.1, -0.05) is 52.3 Å². The molecule has 88 valence electrons. The lowest BCUT2D eigenvalue weighted by Crippen LogP contribution is -2.18. The summed E-state index contributed by atoms with van der Waals surface area (Å²) in [7, 11) is 0. The van der Waals surface area contributed by atoms with Gasteiger partial charge in [0.1, 0.15) is 11.9 Å². The quantitative estimate of drug-likeness (QED) is 0.935. The molecule has 0 heterocycles. The van der Waals surface area contributed by atoms with Gasteiger partial charge >= 0.3 is 0 Å². The molecule has 0 aliphatic heterocycles. The maximum Gasteiger partial charge on any atom is 0.137 e. The van der Waals surface area contributed by atoms with Crippen molar-refractivity contribution in [3.8, 4) is 5.75 Å². The molecule has 0 saturated heterocycles. The summed E-state index contributed by atoms with van der Waals surface area (Å²) in [4.78, 5) is 0. The Labute approximate surface area is 110 Å². The van der Waals surface area contributed by atoms with Gasteiger partial charge in [-0.15, -0.1) is 0 Å². The van der Waals surface area contributed by atoms with Gasteiger partial charge in [0.05, 0.1) is 0 Å². The van der Waals surface area contributed by atoms with E-state index in [0.717, 1.165) is 15.8 Å². The molecule has 0 aliphatic rings. The van der Waals surface area contributed by atoms with Crippen molar-refractivity contribution in [2.75, 3.05) is 6.54 Å². The molecule has 1 atom stereocenters. The van der Waals surface area contributed by atoms with Gasteiger partial charge < -0.3 is 10.5 Å². The number of nitrogens with two attached hydrogens (primary N) is 1. The Morgan fingerprint density at radius 3 is 2.29 bits per heavy atom. The van der Waals surface area contributed by atoms with Crippen molar-refractivity contribution in [3.05, 3.63) is 64.6 Å². The van der Waals surface area contributed by atoms with Gasteiger partial charge in [-0.2, -0.15) is 0 Å². The van der Waals surface area contributed by atoms with Crippen LogP contribution in [0.15, 0.2) is 59.1 Å². The van der Waals surface area contributed by atoms with Crippen molar-refractivity contribution in [3.63, 3.8) is 0 Å². The molecule has 2 aromatic rings. The second-order valence-corrected chi connectivity index (χ2v) is 4.53. The van der Waals surface area contributed by atoms with Crippen LogP contribution in [-0.4, -0.2) is 6.54 Å². The van der Waals surface area contributed by atoms with Crippen molar-refractivity contribution >= 4 is 15.9 Å². The number of ether oxygens (including phenoxy) is 1.